The average molecular weight is 207 g/mol. The minimum Gasteiger partial charge on any atom is -0.454 e. The van der Waals surface area contributed by atoms with Crippen molar-refractivity contribution in [2.45, 2.75) is 12.6 Å². The summed E-state index contributed by atoms with van der Waals surface area (Å²) in [6.45, 7) is 2.73. The molecule has 4 heteroatoms. The lowest BCUT2D eigenvalue weighted by atomic mass is 10.1. The highest BCUT2D eigenvalue weighted by Crippen LogP contribution is 2.33. The van der Waals surface area contributed by atoms with Crippen molar-refractivity contribution in [1.82, 2.24) is 4.90 Å². The van der Waals surface area contributed by atoms with Crippen LogP contribution in [0.4, 0.5) is 0 Å². The largest absolute Gasteiger partial charge is 0.454 e. The van der Waals surface area contributed by atoms with Gasteiger partial charge in [-0.25, -0.2) is 0 Å². The van der Waals surface area contributed by atoms with Gasteiger partial charge < -0.3 is 14.6 Å². The van der Waals surface area contributed by atoms with Gasteiger partial charge in [0.1, 0.15) is 0 Å². The number of ether oxygens (including phenoxy) is 2. The van der Waals surface area contributed by atoms with Crippen molar-refractivity contribution >= 4 is 0 Å². The molecule has 4 nitrogen and oxygen atoms in total. The summed E-state index contributed by atoms with van der Waals surface area (Å²) in [7, 11) is 0. The molecule has 1 saturated heterocycles. The number of nitrogens with zero attached hydrogens (tertiary/aromatic N) is 1. The molecule has 0 aliphatic carbocycles. The van der Waals surface area contributed by atoms with E-state index in [0.717, 1.165) is 31.1 Å². The quantitative estimate of drug-likeness (QED) is 0.770. The molecular weight excluding hydrogens is 194 g/mol. The molecule has 0 radical (unpaired) electrons. The molecule has 1 aromatic carbocycles. The molecule has 1 aromatic rings. The van der Waals surface area contributed by atoms with Crippen LogP contribution in [0, 0.1) is 0 Å². The highest BCUT2D eigenvalue weighted by atomic mass is 16.7. The van der Waals surface area contributed by atoms with Crippen LogP contribution in [0.2, 0.25) is 0 Å². The maximum absolute atomic E-state index is 9.16. The van der Waals surface area contributed by atoms with Gasteiger partial charge >= 0.3 is 0 Å². The molecule has 80 valence electrons. The Bertz CT molecular complexity index is 374. The number of rotatable bonds is 2. The number of hydrogen-bond donors (Lipinski definition) is 1. The number of likely N-dealkylation sites (tertiary alicyclic amines) is 1. The van der Waals surface area contributed by atoms with Crippen LogP contribution >= 0.6 is 0 Å². The van der Waals surface area contributed by atoms with E-state index in [1.165, 1.54) is 5.56 Å². The lowest BCUT2D eigenvalue weighted by molar-refractivity contribution is -0.00288. The van der Waals surface area contributed by atoms with Crippen molar-refractivity contribution in [2.24, 2.45) is 0 Å². The van der Waals surface area contributed by atoms with E-state index in [1.807, 2.05) is 18.2 Å². The summed E-state index contributed by atoms with van der Waals surface area (Å²) in [4.78, 5) is 2.20. The summed E-state index contributed by atoms with van der Waals surface area (Å²) < 4.78 is 10.5. The first-order valence-corrected chi connectivity index (χ1v) is 5.10. The van der Waals surface area contributed by atoms with Crippen LogP contribution < -0.4 is 9.47 Å². The van der Waals surface area contributed by atoms with Crippen molar-refractivity contribution in [3.05, 3.63) is 23.8 Å². The predicted octanol–water partition coefficient (Wildman–Crippen LogP) is 0.592. The van der Waals surface area contributed by atoms with Gasteiger partial charge in [0.25, 0.3) is 0 Å². The zero-order chi connectivity index (χ0) is 10.3. The maximum Gasteiger partial charge on any atom is 0.231 e. The van der Waals surface area contributed by atoms with Gasteiger partial charge in [-0.15, -0.1) is 0 Å². The normalized spacial score (nSPS) is 20.3. The van der Waals surface area contributed by atoms with Gasteiger partial charge in [0.2, 0.25) is 6.79 Å². The van der Waals surface area contributed by atoms with Crippen LogP contribution in [0.3, 0.4) is 0 Å². The van der Waals surface area contributed by atoms with Gasteiger partial charge in [-0.3, -0.25) is 4.90 Å². The molecule has 1 N–H and O–H groups in total. The summed E-state index contributed by atoms with van der Waals surface area (Å²) in [6, 6.07) is 5.99. The van der Waals surface area contributed by atoms with E-state index in [0.29, 0.717) is 6.79 Å². The average Bonchev–Trinajstić information content (AvgIpc) is 2.62. The fourth-order valence-electron chi connectivity index (χ4n) is 1.97. The topological polar surface area (TPSA) is 41.9 Å². The molecule has 0 unspecified atom stereocenters. The van der Waals surface area contributed by atoms with Crippen molar-refractivity contribution in [1.29, 1.82) is 0 Å². The lowest BCUT2D eigenvalue weighted by Gasteiger charge is -2.35. The van der Waals surface area contributed by atoms with E-state index in [4.69, 9.17) is 14.6 Å². The van der Waals surface area contributed by atoms with E-state index in [1.54, 1.807) is 0 Å². The molecule has 2 heterocycles. The van der Waals surface area contributed by atoms with E-state index in [9.17, 15) is 0 Å². The van der Waals surface area contributed by atoms with Crippen LogP contribution in [-0.4, -0.2) is 36.0 Å². The second kappa shape index (κ2) is 3.40. The molecule has 1 fully saturated rings. The number of fused-ring (bicyclic) bond motifs is 1. The smallest absolute Gasteiger partial charge is 0.231 e. The molecule has 0 atom stereocenters. The third-order valence-corrected chi connectivity index (χ3v) is 2.78. The minimum absolute atomic E-state index is 0.140. The Balaban J connectivity index is 1.70. The summed E-state index contributed by atoms with van der Waals surface area (Å²) in [5.41, 5.74) is 1.20. The second-order valence-corrected chi connectivity index (χ2v) is 4.04. The van der Waals surface area contributed by atoms with E-state index >= 15 is 0 Å². The molecule has 0 bridgehead atoms. The summed E-state index contributed by atoms with van der Waals surface area (Å²) in [5, 5.41) is 9.16. The minimum atomic E-state index is -0.140. The van der Waals surface area contributed by atoms with E-state index in [2.05, 4.69) is 4.90 Å². The van der Waals surface area contributed by atoms with Crippen LogP contribution in [-0.2, 0) is 6.54 Å². The van der Waals surface area contributed by atoms with Gasteiger partial charge in [-0.2, -0.15) is 0 Å². The van der Waals surface area contributed by atoms with Crippen molar-refractivity contribution in [2.75, 3.05) is 19.9 Å². The lowest BCUT2D eigenvalue weighted by Crippen LogP contribution is -2.49. The second-order valence-electron chi connectivity index (χ2n) is 4.04. The molecular formula is C11H13NO3. The number of aliphatic hydroxyl groups excluding tert-OH is 1. The summed E-state index contributed by atoms with van der Waals surface area (Å²) in [5.74, 6) is 1.65. The Hall–Kier alpha value is -1.26. The van der Waals surface area contributed by atoms with E-state index in [-0.39, 0.29) is 6.10 Å². The first-order valence-electron chi connectivity index (χ1n) is 5.10. The van der Waals surface area contributed by atoms with Crippen LogP contribution in [0.5, 0.6) is 11.5 Å². The number of aliphatic hydroxyl groups is 1. The Kier molecular flexibility index (Phi) is 2.04. The monoisotopic (exact) mass is 207 g/mol. The molecule has 3 rings (SSSR count). The highest BCUT2D eigenvalue weighted by Gasteiger charge is 2.24. The fourth-order valence-corrected chi connectivity index (χ4v) is 1.97. The SMILES string of the molecule is OC1CN(Cc2ccc3c(c2)OCO3)C1. The Labute approximate surface area is 88.0 Å². The molecule has 2 aliphatic rings. The van der Waals surface area contributed by atoms with Gasteiger partial charge in [-0.1, -0.05) is 6.07 Å². The number of benzene rings is 1. The van der Waals surface area contributed by atoms with Crippen LogP contribution in [0.15, 0.2) is 18.2 Å². The molecule has 0 saturated carbocycles. The molecule has 0 aromatic heterocycles. The first-order chi connectivity index (χ1) is 7.31. The fraction of sp³-hybridized carbons (Fsp3) is 0.455. The maximum atomic E-state index is 9.16. The van der Waals surface area contributed by atoms with Gasteiger partial charge in [0.05, 0.1) is 6.10 Å². The van der Waals surface area contributed by atoms with Crippen LogP contribution in [0.25, 0.3) is 0 Å². The van der Waals surface area contributed by atoms with Crippen molar-refractivity contribution in [3.8, 4) is 11.5 Å². The standard InChI is InChI=1S/C11H13NO3/c13-9-5-12(6-9)4-8-1-2-10-11(3-8)15-7-14-10/h1-3,9,13H,4-7H2. The first kappa shape index (κ1) is 9.00. The third kappa shape index (κ3) is 1.66. The summed E-state index contributed by atoms with van der Waals surface area (Å²) >= 11 is 0. The zero-order valence-electron chi connectivity index (χ0n) is 8.35. The number of β-amino-alcohol motifs (C(OH)–C–C–N with tert-alkyl or cyclic N) is 1. The predicted molar refractivity (Wildman–Crippen MR) is 53.8 cm³/mol. The summed E-state index contributed by atoms with van der Waals surface area (Å²) in [6.07, 6.45) is -0.140. The Morgan fingerprint density at radius 1 is 1.27 bits per heavy atom. The van der Waals surface area contributed by atoms with Gasteiger partial charge in [0.15, 0.2) is 11.5 Å². The molecule has 0 amide bonds. The molecule has 0 spiro atoms. The molecule has 15 heavy (non-hydrogen) atoms. The molecule has 2 aliphatic heterocycles. The zero-order valence-corrected chi connectivity index (χ0v) is 8.35. The third-order valence-electron chi connectivity index (χ3n) is 2.78. The van der Waals surface area contributed by atoms with Gasteiger partial charge in [-0.05, 0) is 17.7 Å². The Morgan fingerprint density at radius 3 is 2.87 bits per heavy atom. The van der Waals surface area contributed by atoms with E-state index < -0.39 is 0 Å². The van der Waals surface area contributed by atoms with Gasteiger partial charge in [0, 0.05) is 19.6 Å². The van der Waals surface area contributed by atoms with Crippen LogP contribution in [0.1, 0.15) is 5.56 Å². The van der Waals surface area contributed by atoms with Crippen molar-refractivity contribution < 1.29 is 14.6 Å². The van der Waals surface area contributed by atoms with Crippen molar-refractivity contribution in [3.63, 3.8) is 0 Å². The number of hydrogen-bond acceptors (Lipinski definition) is 4. The highest BCUT2D eigenvalue weighted by molar-refractivity contribution is 5.44. The Morgan fingerprint density at radius 2 is 2.07 bits per heavy atom.